The number of rotatable bonds is 5. The summed E-state index contributed by atoms with van der Waals surface area (Å²) in [6.07, 6.45) is 0. The van der Waals surface area contributed by atoms with Gasteiger partial charge in [-0.3, -0.25) is 10.1 Å². The number of nitrogens with one attached hydrogen (secondary N) is 1. The topological polar surface area (TPSA) is 115 Å². The van der Waals surface area contributed by atoms with Crippen LogP contribution in [0.2, 0.25) is 0 Å². The highest BCUT2D eigenvalue weighted by Gasteiger charge is 2.07. The summed E-state index contributed by atoms with van der Waals surface area (Å²) in [6, 6.07) is 12.2. The first kappa shape index (κ1) is 14.9. The largest absolute Gasteiger partial charge is 0.381 e. The Morgan fingerprint density at radius 2 is 1.62 bits per heavy atom. The van der Waals surface area contributed by atoms with Crippen LogP contribution in [0.25, 0.3) is 0 Å². The summed E-state index contributed by atoms with van der Waals surface area (Å²) in [5, 5.41) is 18.6. The zero-order valence-electron chi connectivity index (χ0n) is 10.9. The molecule has 21 heavy (non-hydrogen) atoms. The fourth-order valence-corrected chi connectivity index (χ4v) is 2.22. The van der Waals surface area contributed by atoms with Crippen molar-refractivity contribution in [1.29, 1.82) is 0 Å². The van der Waals surface area contributed by atoms with Gasteiger partial charge in [-0.1, -0.05) is 12.1 Å². The van der Waals surface area contributed by atoms with Gasteiger partial charge >= 0.3 is 0 Å². The molecule has 0 amide bonds. The highest BCUT2D eigenvalue weighted by Crippen LogP contribution is 2.15. The standard InChI is InChI=1S/C13H13N3O4S/c14-21(19,20)13-7-3-11(4-8-13)15-9-10-1-5-12(6-2-10)16(17)18/h1-8,15H,9H2,(H2,14,19,20). The molecule has 0 atom stereocenters. The van der Waals surface area contributed by atoms with Gasteiger partial charge in [-0.2, -0.15) is 0 Å². The summed E-state index contributed by atoms with van der Waals surface area (Å²) >= 11 is 0. The zero-order valence-corrected chi connectivity index (χ0v) is 11.7. The summed E-state index contributed by atoms with van der Waals surface area (Å²) in [4.78, 5) is 10.1. The van der Waals surface area contributed by atoms with Crippen LogP contribution in [0.5, 0.6) is 0 Å². The molecule has 3 N–H and O–H groups in total. The predicted octanol–water partition coefficient (Wildman–Crippen LogP) is 1.85. The molecule has 0 saturated heterocycles. The third-order valence-electron chi connectivity index (χ3n) is 2.83. The second kappa shape index (κ2) is 5.90. The van der Waals surface area contributed by atoms with E-state index in [2.05, 4.69) is 5.32 Å². The molecular formula is C13H13N3O4S. The van der Waals surface area contributed by atoms with Crippen molar-refractivity contribution in [2.45, 2.75) is 11.4 Å². The molecule has 2 aromatic carbocycles. The summed E-state index contributed by atoms with van der Waals surface area (Å²) in [6.45, 7) is 0.465. The monoisotopic (exact) mass is 307 g/mol. The second-order valence-corrected chi connectivity index (χ2v) is 5.91. The van der Waals surface area contributed by atoms with Crippen molar-refractivity contribution in [2.24, 2.45) is 5.14 Å². The fraction of sp³-hybridized carbons (Fsp3) is 0.0769. The fourth-order valence-electron chi connectivity index (χ4n) is 1.70. The highest BCUT2D eigenvalue weighted by atomic mass is 32.2. The lowest BCUT2D eigenvalue weighted by Gasteiger charge is -2.07. The Morgan fingerprint density at radius 1 is 1.05 bits per heavy atom. The van der Waals surface area contributed by atoms with Gasteiger partial charge in [0.2, 0.25) is 10.0 Å². The molecule has 110 valence electrons. The van der Waals surface area contributed by atoms with Gasteiger partial charge in [0.1, 0.15) is 0 Å². The first-order chi connectivity index (χ1) is 9.86. The van der Waals surface area contributed by atoms with Crippen molar-refractivity contribution in [1.82, 2.24) is 0 Å². The van der Waals surface area contributed by atoms with Crippen LogP contribution in [0.4, 0.5) is 11.4 Å². The van der Waals surface area contributed by atoms with Gasteiger partial charge in [-0.25, -0.2) is 13.6 Å². The molecule has 7 nitrogen and oxygen atoms in total. The maximum Gasteiger partial charge on any atom is 0.269 e. The number of sulfonamides is 1. The maximum atomic E-state index is 11.1. The van der Waals surface area contributed by atoms with Crippen molar-refractivity contribution in [3.63, 3.8) is 0 Å². The van der Waals surface area contributed by atoms with E-state index in [1.807, 2.05) is 0 Å². The number of nitro groups is 1. The van der Waals surface area contributed by atoms with E-state index in [-0.39, 0.29) is 10.6 Å². The van der Waals surface area contributed by atoms with E-state index >= 15 is 0 Å². The van der Waals surface area contributed by atoms with Crippen LogP contribution in [0.3, 0.4) is 0 Å². The highest BCUT2D eigenvalue weighted by molar-refractivity contribution is 7.89. The predicted molar refractivity (Wildman–Crippen MR) is 78.2 cm³/mol. The third-order valence-corrected chi connectivity index (χ3v) is 3.76. The van der Waals surface area contributed by atoms with Crippen molar-refractivity contribution < 1.29 is 13.3 Å². The van der Waals surface area contributed by atoms with Gasteiger partial charge in [0.05, 0.1) is 9.82 Å². The lowest BCUT2D eigenvalue weighted by Crippen LogP contribution is -2.12. The second-order valence-electron chi connectivity index (χ2n) is 4.35. The zero-order chi connectivity index (χ0) is 15.5. The molecule has 8 heteroatoms. The average molecular weight is 307 g/mol. The third kappa shape index (κ3) is 4.01. The van der Waals surface area contributed by atoms with Crippen molar-refractivity contribution >= 4 is 21.4 Å². The molecule has 0 saturated carbocycles. The minimum atomic E-state index is -3.69. The van der Waals surface area contributed by atoms with E-state index in [4.69, 9.17) is 5.14 Å². The lowest BCUT2D eigenvalue weighted by molar-refractivity contribution is -0.384. The number of hydrogen-bond donors (Lipinski definition) is 2. The minimum Gasteiger partial charge on any atom is -0.381 e. The van der Waals surface area contributed by atoms with Gasteiger partial charge in [0.15, 0.2) is 0 Å². The summed E-state index contributed by atoms with van der Waals surface area (Å²) < 4.78 is 22.2. The van der Waals surface area contributed by atoms with Crippen LogP contribution in [0.15, 0.2) is 53.4 Å². The van der Waals surface area contributed by atoms with Crippen LogP contribution in [0, 0.1) is 10.1 Å². The smallest absolute Gasteiger partial charge is 0.269 e. The van der Waals surface area contributed by atoms with Crippen molar-refractivity contribution in [2.75, 3.05) is 5.32 Å². The van der Waals surface area contributed by atoms with Gasteiger partial charge < -0.3 is 5.32 Å². The Hall–Kier alpha value is -2.45. The molecule has 0 aliphatic carbocycles. The number of primary sulfonamides is 1. The van der Waals surface area contributed by atoms with E-state index in [1.165, 1.54) is 24.3 Å². The maximum absolute atomic E-state index is 11.1. The van der Waals surface area contributed by atoms with E-state index in [1.54, 1.807) is 24.3 Å². The number of benzene rings is 2. The molecule has 0 spiro atoms. The van der Waals surface area contributed by atoms with E-state index < -0.39 is 14.9 Å². The Kier molecular flexibility index (Phi) is 4.20. The molecule has 0 radical (unpaired) electrons. The first-order valence-electron chi connectivity index (χ1n) is 5.96. The lowest BCUT2D eigenvalue weighted by atomic mass is 10.2. The van der Waals surface area contributed by atoms with E-state index in [0.29, 0.717) is 6.54 Å². The number of nitro benzene ring substituents is 1. The Balaban J connectivity index is 2.01. The van der Waals surface area contributed by atoms with Crippen LogP contribution in [-0.4, -0.2) is 13.3 Å². The van der Waals surface area contributed by atoms with Crippen LogP contribution < -0.4 is 10.5 Å². The number of nitrogens with zero attached hydrogens (tertiary/aromatic N) is 1. The molecule has 0 aromatic heterocycles. The molecule has 2 aromatic rings. The van der Waals surface area contributed by atoms with Crippen molar-refractivity contribution in [3.8, 4) is 0 Å². The minimum absolute atomic E-state index is 0.0382. The molecule has 0 aliphatic rings. The van der Waals surface area contributed by atoms with Crippen LogP contribution >= 0.6 is 0 Å². The summed E-state index contributed by atoms with van der Waals surface area (Å²) in [7, 11) is -3.69. The molecular weight excluding hydrogens is 294 g/mol. The molecule has 0 unspecified atom stereocenters. The van der Waals surface area contributed by atoms with Crippen LogP contribution in [-0.2, 0) is 16.6 Å². The Labute approximate surface area is 121 Å². The molecule has 0 fully saturated rings. The van der Waals surface area contributed by atoms with Crippen molar-refractivity contribution in [3.05, 3.63) is 64.2 Å². The van der Waals surface area contributed by atoms with Gasteiger partial charge in [-0.05, 0) is 29.8 Å². The number of hydrogen-bond acceptors (Lipinski definition) is 5. The van der Waals surface area contributed by atoms with E-state index in [9.17, 15) is 18.5 Å². The Bertz CT molecular complexity index is 740. The average Bonchev–Trinajstić information content (AvgIpc) is 2.45. The molecule has 2 rings (SSSR count). The van der Waals surface area contributed by atoms with E-state index in [0.717, 1.165) is 11.3 Å². The number of anilines is 1. The number of non-ortho nitro benzene ring substituents is 1. The quantitative estimate of drug-likeness (QED) is 0.646. The van der Waals surface area contributed by atoms with Gasteiger partial charge in [0, 0.05) is 24.4 Å². The Morgan fingerprint density at radius 3 is 2.10 bits per heavy atom. The van der Waals surface area contributed by atoms with Gasteiger partial charge in [0.25, 0.3) is 5.69 Å². The normalized spacial score (nSPS) is 11.1. The van der Waals surface area contributed by atoms with Crippen LogP contribution in [0.1, 0.15) is 5.56 Å². The first-order valence-corrected chi connectivity index (χ1v) is 7.51. The summed E-state index contributed by atoms with van der Waals surface area (Å²) in [5.74, 6) is 0. The SMILES string of the molecule is NS(=O)(=O)c1ccc(NCc2ccc([N+](=O)[O-])cc2)cc1. The van der Waals surface area contributed by atoms with Gasteiger partial charge in [-0.15, -0.1) is 0 Å². The molecule has 0 heterocycles. The number of nitrogens with two attached hydrogens (primary N) is 1. The molecule has 0 bridgehead atoms. The molecule has 0 aliphatic heterocycles. The summed E-state index contributed by atoms with van der Waals surface area (Å²) in [5.41, 5.74) is 1.63.